The normalized spacial score (nSPS) is 24.7. The number of nitrogens with one attached hydrogen (secondary N) is 2. The van der Waals surface area contributed by atoms with Crippen LogP contribution in [0.2, 0.25) is 0 Å². The molecule has 1 fully saturated rings. The molecule has 2 aliphatic heterocycles. The van der Waals surface area contributed by atoms with Crippen LogP contribution in [0.1, 0.15) is 11.3 Å². The highest BCUT2D eigenvalue weighted by Crippen LogP contribution is 2.39. The number of amides is 1. The van der Waals surface area contributed by atoms with E-state index < -0.39 is 45.9 Å². The van der Waals surface area contributed by atoms with Gasteiger partial charge in [0, 0.05) is 11.3 Å². The van der Waals surface area contributed by atoms with Gasteiger partial charge in [0.15, 0.2) is 0 Å². The molecule has 30 heavy (non-hydrogen) atoms. The summed E-state index contributed by atoms with van der Waals surface area (Å²) in [7, 11) is -3.91. The first-order valence-electron chi connectivity index (χ1n) is 9.10. The van der Waals surface area contributed by atoms with E-state index in [1.54, 1.807) is 26.0 Å². The first-order valence-corrected chi connectivity index (χ1v) is 10.6. The summed E-state index contributed by atoms with van der Waals surface area (Å²) in [6.45, 7) is 3.38. The van der Waals surface area contributed by atoms with Crippen molar-refractivity contribution in [2.75, 3.05) is 10.0 Å². The van der Waals surface area contributed by atoms with Gasteiger partial charge in [0.2, 0.25) is 11.8 Å². The van der Waals surface area contributed by atoms with Gasteiger partial charge in [-0.05, 0) is 38.1 Å². The van der Waals surface area contributed by atoms with Crippen molar-refractivity contribution in [2.24, 2.45) is 11.8 Å². The highest BCUT2D eigenvalue weighted by molar-refractivity contribution is 7.92. The molecule has 3 N–H and O–H groups in total. The van der Waals surface area contributed by atoms with Crippen molar-refractivity contribution in [3.8, 4) is 0 Å². The monoisotopic (exact) mass is 433 g/mol. The van der Waals surface area contributed by atoms with E-state index in [2.05, 4.69) is 15.2 Å². The third-order valence-corrected chi connectivity index (χ3v) is 6.65. The lowest BCUT2D eigenvalue weighted by Crippen LogP contribution is -2.39. The molecule has 2 aliphatic rings. The predicted octanol–water partition coefficient (Wildman–Crippen LogP) is 1.68. The minimum absolute atomic E-state index is 0.0360. The maximum atomic E-state index is 12.6. The first-order chi connectivity index (χ1) is 14.2. The molecule has 1 aromatic heterocycles. The molecule has 11 heteroatoms. The van der Waals surface area contributed by atoms with E-state index in [-0.39, 0.29) is 10.8 Å². The minimum Gasteiger partial charge on any atom is -0.481 e. The Hall–Kier alpha value is -3.18. The van der Waals surface area contributed by atoms with E-state index in [0.717, 1.165) is 0 Å². The Morgan fingerprint density at radius 1 is 1.07 bits per heavy atom. The summed E-state index contributed by atoms with van der Waals surface area (Å²) >= 11 is 0. The van der Waals surface area contributed by atoms with Crippen LogP contribution in [0.3, 0.4) is 0 Å². The third kappa shape index (κ3) is 3.46. The molecule has 1 aromatic carbocycles. The number of carbonyl (C=O) groups is 2. The SMILES string of the molecule is Cc1noc(NS(=O)(=O)c2ccc(NC(=O)[C@@H]3[C@@H](C(=O)O)[C@H]4C=C[C@H]3O4)cc2)c1C. The van der Waals surface area contributed by atoms with Gasteiger partial charge in [0.05, 0.1) is 28.7 Å². The van der Waals surface area contributed by atoms with Crippen LogP contribution >= 0.6 is 0 Å². The second-order valence-corrected chi connectivity index (χ2v) is 8.86. The number of benzene rings is 1. The van der Waals surface area contributed by atoms with Crippen molar-refractivity contribution in [1.29, 1.82) is 0 Å². The Balaban J connectivity index is 1.47. The summed E-state index contributed by atoms with van der Waals surface area (Å²) in [5, 5.41) is 15.8. The lowest BCUT2D eigenvalue weighted by molar-refractivity contribution is -0.145. The van der Waals surface area contributed by atoms with Gasteiger partial charge in [0.25, 0.3) is 10.0 Å². The van der Waals surface area contributed by atoms with E-state index in [1.165, 1.54) is 24.3 Å². The molecule has 3 heterocycles. The highest BCUT2D eigenvalue weighted by Gasteiger charge is 2.53. The standard InChI is InChI=1S/C19H19N3O7S/c1-9-10(2)21-29-18(9)22-30(26,27)12-5-3-11(4-6-12)20-17(23)15-13-7-8-14(28-13)16(15)19(24)25/h3-8,13-16,22H,1-2H3,(H,20,23)(H,24,25)/t13-,14-,15+,16+/m1/s1. The number of nitrogens with zero attached hydrogens (tertiary/aromatic N) is 1. The molecule has 0 radical (unpaired) electrons. The van der Waals surface area contributed by atoms with Gasteiger partial charge in [-0.25, -0.2) is 13.1 Å². The van der Waals surface area contributed by atoms with E-state index in [9.17, 15) is 23.1 Å². The van der Waals surface area contributed by atoms with Crippen molar-refractivity contribution in [1.82, 2.24) is 5.16 Å². The van der Waals surface area contributed by atoms with Gasteiger partial charge in [-0.3, -0.25) is 9.59 Å². The highest BCUT2D eigenvalue weighted by atomic mass is 32.2. The topological polar surface area (TPSA) is 148 Å². The van der Waals surface area contributed by atoms with Crippen LogP contribution in [0.4, 0.5) is 11.6 Å². The van der Waals surface area contributed by atoms with Crippen LogP contribution < -0.4 is 10.0 Å². The maximum Gasteiger partial charge on any atom is 0.310 e. The molecule has 0 unspecified atom stereocenters. The van der Waals surface area contributed by atoms with E-state index in [1.807, 2.05) is 0 Å². The number of fused-ring (bicyclic) bond motifs is 2. The zero-order valence-corrected chi connectivity index (χ0v) is 16.8. The van der Waals surface area contributed by atoms with Gasteiger partial charge in [0.1, 0.15) is 5.92 Å². The Morgan fingerprint density at radius 2 is 1.70 bits per heavy atom. The van der Waals surface area contributed by atoms with E-state index in [0.29, 0.717) is 16.9 Å². The van der Waals surface area contributed by atoms with Crippen molar-refractivity contribution in [3.63, 3.8) is 0 Å². The molecular weight excluding hydrogens is 414 g/mol. The molecule has 1 saturated heterocycles. The number of aliphatic carboxylic acids is 1. The number of sulfonamides is 1. The second kappa shape index (κ2) is 7.26. The molecule has 0 spiro atoms. The van der Waals surface area contributed by atoms with Gasteiger partial charge in [-0.15, -0.1) is 0 Å². The Bertz CT molecular complexity index is 1140. The number of carboxylic acid groups (broad SMARTS) is 1. The fourth-order valence-corrected chi connectivity index (χ4v) is 4.60. The lowest BCUT2D eigenvalue weighted by Gasteiger charge is -2.21. The summed E-state index contributed by atoms with van der Waals surface area (Å²) in [6.07, 6.45) is 2.12. The number of carboxylic acids is 1. The molecule has 1 amide bonds. The van der Waals surface area contributed by atoms with Crippen molar-refractivity contribution < 1.29 is 32.4 Å². The van der Waals surface area contributed by atoms with Crippen LogP contribution in [-0.2, 0) is 24.3 Å². The average Bonchev–Trinajstić information content (AvgIpc) is 3.39. The van der Waals surface area contributed by atoms with Gasteiger partial charge >= 0.3 is 5.97 Å². The van der Waals surface area contributed by atoms with Gasteiger partial charge in [-0.1, -0.05) is 17.3 Å². The molecule has 2 aromatic rings. The molecule has 10 nitrogen and oxygen atoms in total. The van der Waals surface area contributed by atoms with Crippen LogP contribution in [-0.4, -0.2) is 42.8 Å². The number of hydrogen-bond acceptors (Lipinski definition) is 7. The summed E-state index contributed by atoms with van der Waals surface area (Å²) in [5.74, 6) is -3.38. The summed E-state index contributed by atoms with van der Waals surface area (Å²) in [6, 6.07) is 5.49. The zero-order valence-electron chi connectivity index (χ0n) is 16.0. The number of rotatable bonds is 6. The molecule has 0 saturated carbocycles. The second-order valence-electron chi connectivity index (χ2n) is 7.18. The van der Waals surface area contributed by atoms with Crippen LogP contribution in [0.15, 0.2) is 45.8 Å². The van der Waals surface area contributed by atoms with Crippen molar-refractivity contribution >= 4 is 33.5 Å². The zero-order chi connectivity index (χ0) is 21.6. The Morgan fingerprint density at radius 3 is 2.27 bits per heavy atom. The number of aryl methyl sites for hydroxylation is 1. The number of aromatic nitrogens is 1. The van der Waals surface area contributed by atoms with Crippen LogP contribution in [0, 0.1) is 25.7 Å². The number of carbonyl (C=O) groups excluding carboxylic acids is 1. The molecule has 4 rings (SSSR count). The van der Waals surface area contributed by atoms with Crippen molar-refractivity contribution in [3.05, 3.63) is 47.7 Å². The first kappa shape index (κ1) is 20.1. The number of anilines is 2. The largest absolute Gasteiger partial charge is 0.481 e. The van der Waals surface area contributed by atoms with Crippen LogP contribution in [0.5, 0.6) is 0 Å². The smallest absolute Gasteiger partial charge is 0.310 e. The fourth-order valence-electron chi connectivity index (χ4n) is 3.55. The summed E-state index contributed by atoms with van der Waals surface area (Å²) in [5.41, 5.74) is 1.49. The molecule has 4 atom stereocenters. The predicted molar refractivity (Wildman–Crippen MR) is 104 cm³/mol. The quantitative estimate of drug-likeness (QED) is 0.583. The minimum atomic E-state index is -3.91. The number of ether oxygens (including phenoxy) is 1. The van der Waals surface area contributed by atoms with Crippen molar-refractivity contribution in [2.45, 2.75) is 31.0 Å². The third-order valence-electron chi connectivity index (χ3n) is 5.30. The average molecular weight is 433 g/mol. The molecule has 158 valence electrons. The number of hydrogen-bond donors (Lipinski definition) is 3. The maximum absolute atomic E-state index is 12.6. The molecule has 2 bridgehead atoms. The lowest BCUT2D eigenvalue weighted by atomic mass is 9.82. The summed E-state index contributed by atoms with van der Waals surface area (Å²) in [4.78, 5) is 24.1. The van der Waals surface area contributed by atoms with Crippen LogP contribution in [0.25, 0.3) is 0 Å². The van der Waals surface area contributed by atoms with E-state index >= 15 is 0 Å². The van der Waals surface area contributed by atoms with E-state index in [4.69, 9.17) is 9.26 Å². The molecular formula is C19H19N3O7S. The van der Waals surface area contributed by atoms with Gasteiger partial charge < -0.3 is 19.7 Å². The summed E-state index contributed by atoms with van der Waals surface area (Å²) < 4.78 is 37.9. The Labute approximate surface area is 171 Å². The molecule has 0 aliphatic carbocycles. The van der Waals surface area contributed by atoms with Gasteiger partial charge in [-0.2, -0.15) is 0 Å². The fraction of sp³-hybridized carbons (Fsp3) is 0.316. The Kier molecular flexibility index (Phi) is 4.86.